The van der Waals surface area contributed by atoms with E-state index in [1.54, 1.807) is 0 Å². The summed E-state index contributed by atoms with van der Waals surface area (Å²) in [5, 5.41) is 110. The SMILES string of the molecule is CC(=O)NC1C(O[C@@H]2OC(CO)[C@H](O)C(O[C@]3(C(=O)O)C[C@@H](O)[C@@H](N)C([C@H](O)[C@H](O)CO)O3)C2O)[C@H](O)C(CO)O[C@H]1OCCCN=[N+]=[N-]. The van der Waals surface area contributed by atoms with Crippen molar-refractivity contribution in [1.82, 2.24) is 5.32 Å². The predicted octanol–water partition coefficient (Wildman–Crippen LogP) is -6.53. The molecule has 3 fully saturated rings. The van der Waals surface area contributed by atoms with Gasteiger partial charge < -0.3 is 90.5 Å². The highest BCUT2D eigenvalue weighted by molar-refractivity contribution is 5.76. The number of hydrogen-bond donors (Lipinski definition) is 12. The van der Waals surface area contributed by atoms with E-state index in [4.69, 9.17) is 39.7 Å². The number of carbonyl (C=O) groups is 2. The van der Waals surface area contributed by atoms with Crippen molar-refractivity contribution >= 4 is 11.9 Å². The molecule has 23 nitrogen and oxygen atoms in total. The highest BCUT2D eigenvalue weighted by atomic mass is 16.8. The van der Waals surface area contributed by atoms with Gasteiger partial charge >= 0.3 is 5.97 Å². The van der Waals surface area contributed by atoms with E-state index in [0.717, 1.165) is 6.92 Å². The van der Waals surface area contributed by atoms with Gasteiger partial charge in [-0.25, -0.2) is 4.79 Å². The lowest BCUT2D eigenvalue weighted by atomic mass is 9.88. The number of amides is 1. The number of aliphatic hydroxyl groups is 9. The molecule has 0 bridgehead atoms. The zero-order chi connectivity index (χ0) is 36.6. The second-order valence-electron chi connectivity index (χ2n) is 11.7. The first-order valence-corrected chi connectivity index (χ1v) is 15.3. The van der Waals surface area contributed by atoms with E-state index < -0.39 is 136 Å². The number of nitrogens with two attached hydrogens (primary N) is 1. The molecule has 0 aromatic rings. The largest absolute Gasteiger partial charge is 0.477 e. The molecule has 1 amide bonds. The second kappa shape index (κ2) is 18.2. The molecule has 0 aliphatic carbocycles. The highest BCUT2D eigenvalue weighted by Gasteiger charge is 2.59. The van der Waals surface area contributed by atoms with E-state index in [0.29, 0.717) is 0 Å². The molecule has 3 rings (SSSR count). The Morgan fingerprint density at radius 3 is 2.20 bits per heavy atom. The van der Waals surface area contributed by atoms with Crippen molar-refractivity contribution in [1.29, 1.82) is 0 Å². The minimum Gasteiger partial charge on any atom is -0.477 e. The van der Waals surface area contributed by atoms with Crippen LogP contribution in [0.4, 0.5) is 0 Å². The summed E-state index contributed by atoms with van der Waals surface area (Å²) in [6, 6.07) is -2.87. The number of azide groups is 1. The van der Waals surface area contributed by atoms with Crippen LogP contribution in [0.2, 0.25) is 0 Å². The van der Waals surface area contributed by atoms with Gasteiger partial charge in [-0.2, -0.15) is 0 Å². The molecule has 0 aromatic heterocycles. The van der Waals surface area contributed by atoms with Gasteiger partial charge in [-0.3, -0.25) is 4.79 Å². The summed E-state index contributed by atoms with van der Waals surface area (Å²) in [4.78, 5) is 27.4. The summed E-state index contributed by atoms with van der Waals surface area (Å²) in [5.41, 5.74) is 14.4. The lowest BCUT2D eigenvalue weighted by Gasteiger charge is -2.50. The minimum absolute atomic E-state index is 0.0423. The molecule has 0 aromatic carbocycles. The fraction of sp³-hybridized carbons (Fsp3) is 0.923. The molecule has 0 saturated carbocycles. The highest BCUT2D eigenvalue weighted by Crippen LogP contribution is 2.38. The van der Waals surface area contributed by atoms with E-state index in [-0.39, 0.29) is 19.6 Å². The van der Waals surface area contributed by atoms with Gasteiger partial charge in [0.05, 0.1) is 32.0 Å². The molecule has 7 unspecified atom stereocenters. The third-order valence-electron chi connectivity index (χ3n) is 8.28. The second-order valence-corrected chi connectivity index (χ2v) is 11.7. The van der Waals surface area contributed by atoms with Crippen LogP contribution in [-0.4, -0.2) is 194 Å². The number of ether oxygens (including phenoxy) is 6. The molecule has 23 heteroatoms. The average Bonchev–Trinajstić information content (AvgIpc) is 3.06. The molecule has 49 heavy (non-hydrogen) atoms. The number of carbonyl (C=O) groups excluding carboxylic acids is 1. The summed E-state index contributed by atoms with van der Waals surface area (Å²) in [7, 11) is 0. The van der Waals surface area contributed by atoms with Crippen LogP contribution in [0.5, 0.6) is 0 Å². The van der Waals surface area contributed by atoms with Crippen LogP contribution < -0.4 is 11.1 Å². The quantitative estimate of drug-likeness (QED) is 0.0306. The number of nitrogens with zero attached hydrogens (tertiary/aromatic N) is 3. The van der Waals surface area contributed by atoms with Crippen LogP contribution in [0.1, 0.15) is 19.8 Å². The normalized spacial score (nSPS) is 40.9. The average molecular weight is 716 g/mol. The van der Waals surface area contributed by atoms with Gasteiger partial charge in [0.15, 0.2) is 12.6 Å². The van der Waals surface area contributed by atoms with Crippen molar-refractivity contribution in [3.8, 4) is 0 Å². The first-order chi connectivity index (χ1) is 23.2. The van der Waals surface area contributed by atoms with E-state index >= 15 is 0 Å². The molecule has 3 aliphatic rings. The van der Waals surface area contributed by atoms with Crippen LogP contribution in [0.15, 0.2) is 5.11 Å². The first-order valence-electron chi connectivity index (χ1n) is 15.3. The lowest BCUT2D eigenvalue weighted by molar-refractivity contribution is -0.380. The van der Waals surface area contributed by atoms with Gasteiger partial charge in [-0.05, 0) is 12.0 Å². The van der Waals surface area contributed by atoms with Crippen LogP contribution in [0, 0.1) is 0 Å². The Hall–Kier alpha value is -2.39. The van der Waals surface area contributed by atoms with Crippen molar-refractivity contribution in [2.45, 2.75) is 117 Å². The van der Waals surface area contributed by atoms with Crippen LogP contribution in [0.25, 0.3) is 10.4 Å². The van der Waals surface area contributed by atoms with E-state index in [2.05, 4.69) is 15.3 Å². The molecule has 3 saturated heterocycles. The molecule has 0 spiro atoms. The number of nitrogens with one attached hydrogen (secondary N) is 1. The fourth-order valence-corrected chi connectivity index (χ4v) is 5.68. The molecular weight excluding hydrogens is 670 g/mol. The molecule has 0 radical (unpaired) electrons. The smallest absolute Gasteiger partial charge is 0.364 e. The van der Waals surface area contributed by atoms with Crippen molar-refractivity contribution < 1.29 is 89.1 Å². The maximum Gasteiger partial charge on any atom is 0.364 e. The molecule has 16 atom stereocenters. The molecule has 3 aliphatic heterocycles. The number of aliphatic carboxylic acids is 1. The Labute approximate surface area is 278 Å². The number of carboxylic acids is 1. The van der Waals surface area contributed by atoms with Gasteiger partial charge in [-0.1, -0.05) is 5.11 Å². The Morgan fingerprint density at radius 2 is 1.65 bits per heavy atom. The van der Waals surface area contributed by atoms with Gasteiger partial charge in [0, 0.05) is 31.4 Å². The van der Waals surface area contributed by atoms with Gasteiger partial charge in [-0.15, -0.1) is 0 Å². The molecule has 282 valence electrons. The lowest BCUT2D eigenvalue weighted by Crippen LogP contribution is -2.70. The number of aliphatic hydroxyl groups excluding tert-OH is 9. The van der Waals surface area contributed by atoms with Crippen LogP contribution in [-0.2, 0) is 38.0 Å². The molecular formula is C26H45N5O18. The minimum atomic E-state index is -2.97. The zero-order valence-electron chi connectivity index (χ0n) is 26.3. The Kier molecular flexibility index (Phi) is 15.2. The van der Waals surface area contributed by atoms with Crippen molar-refractivity contribution in [3.05, 3.63) is 10.4 Å². The Balaban J connectivity index is 1.94. The van der Waals surface area contributed by atoms with Crippen LogP contribution in [0.3, 0.4) is 0 Å². The Morgan fingerprint density at radius 1 is 1.04 bits per heavy atom. The summed E-state index contributed by atoms with van der Waals surface area (Å²) >= 11 is 0. The number of hydrogen-bond acceptors (Lipinski definition) is 19. The monoisotopic (exact) mass is 715 g/mol. The summed E-state index contributed by atoms with van der Waals surface area (Å²) in [5.74, 6) is -5.57. The zero-order valence-corrected chi connectivity index (χ0v) is 26.3. The third-order valence-corrected chi connectivity index (χ3v) is 8.28. The van der Waals surface area contributed by atoms with Crippen molar-refractivity contribution in [3.63, 3.8) is 0 Å². The van der Waals surface area contributed by atoms with Gasteiger partial charge in [0.1, 0.15) is 67.1 Å². The van der Waals surface area contributed by atoms with Crippen LogP contribution >= 0.6 is 0 Å². The first kappa shape index (κ1) is 41.0. The topological polar surface area (TPSA) is 379 Å². The van der Waals surface area contributed by atoms with Gasteiger partial charge in [0.2, 0.25) is 5.91 Å². The van der Waals surface area contributed by atoms with E-state index in [1.807, 2.05) is 0 Å². The van der Waals surface area contributed by atoms with E-state index in [1.165, 1.54) is 0 Å². The predicted molar refractivity (Wildman–Crippen MR) is 154 cm³/mol. The standard InChI is InChI=1S/C26H45N5O18/c1-9(35)30-15-21(17(39)12(7-33)45-23(15)44-4-2-3-29-31-28)47-24-19(41)22(18(40)13(8-34)46-24)49-26(25(42)43)5-10(36)14(27)20(48-26)16(38)11(37)6-32/h10-24,32-34,36-41H,2-8,27H2,1H3,(H,30,35)(H,42,43)/t10-,11-,12?,13?,14-,15?,16-,17-,18+,19?,20?,21?,22?,23-,24+,26+/m1/s1. The molecule has 3 heterocycles. The number of carboxylic acid groups (broad SMARTS) is 1. The van der Waals surface area contributed by atoms with Crippen molar-refractivity contribution in [2.75, 3.05) is 33.0 Å². The fourth-order valence-electron chi connectivity index (χ4n) is 5.68. The summed E-state index contributed by atoms with van der Waals surface area (Å²) < 4.78 is 33.8. The number of rotatable bonds is 16. The van der Waals surface area contributed by atoms with E-state index in [9.17, 15) is 60.7 Å². The Bertz CT molecular complexity index is 1140. The van der Waals surface area contributed by atoms with Gasteiger partial charge in [0.25, 0.3) is 5.79 Å². The summed E-state index contributed by atoms with van der Waals surface area (Å²) in [6.07, 6.45) is -24.4. The summed E-state index contributed by atoms with van der Waals surface area (Å²) in [6.45, 7) is -1.68. The van der Waals surface area contributed by atoms with Crippen molar-refractivity contribution in [2.24, 2.45) is 10.8 Å². The maximum absolute atomic E-state index is 12.6. The third kappa shape index (κ3) is 9.49. The maximum atomic E-state index is 12.6. The molecule has 13 N–H and O–H groups in total.